The van der Waals surface area contributed by atoms with E-state index >= 15 is 0 Å². The summed E-state index contributed by atoms with van der Waals surface area (Å²) in [6.45, 7) is -4.99. The predicted octanol–water partition coefficient (Wildman–Crippen LogP) is -12.1. The first-order valence-electron chi connectivity index (χ1n) is 15.6. The van der Waals surface area contributed by atoms with Crippen molar-refractivity contribution >= 4 is 113 Å². The van der Waals surface area contributed by atoms with Gasteiger partial charge in [0.2, 0.25) is 41.6 Å². The minimum Gasteiger partial charge on any atom is -0.726 e. The van der Waals surface area contributed by atoms with E-state index < -0.39 is 127 Å². The molecule has 0 saturated heterocycles. The summed E-state index contributed by atoms with van der Waals surface area (Å²) < 4.78 is 212. The molecule has 0 amide bonds. The zero-order valence-electron chi connectivity index (χ0n) is 33.0. The average Bonchev–Trinajstić information content (AvgIpc) is 3.10. The Kier molecular flexibility index (Phi) is 23.9. The number of fused-ring (bicyclic) bond motifs is 4. The van der Waals surface area contributed by atoms with Crippen LogP contribution in [0.3, 0.4) is 0 Å². The number of hydrogen-bond acceptors (Lipinski definition) is 26. The molecular weight excluding hydrogens is 1080 g/mol. The number of nitrogens with one attached hydrogen (secondary N) is 2. The molecular formula is C26H22Cl2N4Na4O22S6. The Balaban J connectivity index is 0.00000512. The second-order valence-corrected chi connectivity index (χ2v) is 20.6. The molecule has 0 unspecified atom stereocenters. The molecule has 2 aliphatic heterocycles. The Labute approximate surface area is 463 Å². The van der Waals surface area contributed by atoms with Gasteiger partial charge in [0.1, 0.15) is 26.9 Å². The third kappa shape index (κ3) is 17.4. The van der Waals surface area contributed by atoms with Crippen LogP contribution in [0.4, 0.5) is 17.1 Å². The number of rotatable bonds is 19. The maximum Gasteiger partial charge on any atom is 1.00 e. The Hall–Kier alpha value is 0.420. The monoisotopic (exact) mass is 1100 g/mol. The molecule has 38 heteroatoms. The minimum atomic E-state index is -5.30. The van der Waals surface area contributed by atoms with Crippen molar-refractivity contribution in [3.63, 3.8) is 0 Å². The maximum absolute atomic E-state index is 13.3. The van der Waals surface area contributed by atoms with Crippen molar-refractivity contribution in [1.82, 2.24) is 4.98 Å². The van der Waals surface area contributed by atoms with Gasteiger partial charge in [-0.15, -0.1) is 0 Å². The molecule has 0 bridgehead atoms. The van der Waals surface area contributed by atoms with Crippen molar-refractivity contribution in [3.05, 3.63) is 39.7 Å². The van der Waals surface area contributed by atoms with Gasteiger partial charge >= 0.3 is 118 Å². The SMILES string of the molecule is O=S(=O)([O-])OCCN=c1cc2oc3c(Cl)c4c(c(Cl)c3nc-2cc1S(=O)(=O)CCOS(=O)(=O)[O-])Oc1cc(NCCOS(=O)(=O)[O-])c(S(=O)(=O)CCOS(=O)(=O)[O-])cc1N4.[Na+].[Na+].[Na+].[Na+]. The largest absolute Gasteiger partial charge is 1.00 e. The van der Waals surface area contributed by atoms with E-state index in [1.165, 1.54) is 0 Å². The number of anilines is 3. The van der Waals surface area contributed by atoms with Crippen LogP contribution in [-0.4, -0.2) is 125 Å². The topological polar surface area (TPSA) is 406 Å². The Morgan fingerprint density at radius 1 is 0.672 bits per heavy atom. The number of halogens is 2. The normalized spacial score (nSPS) is 13.2. The number of nitrogens with zero attached hydrogens (tertiary/aromatic N) is 2. The molecule has 0 aromatic heterocycles. The maximum atomic E-state index is 13.3. The average molecular weight is 1100 g/mol. The van der Waals surface area contributed by atoms with E-state index in [-0.39, 0.29) is 179 Å². The Morgan fingerprint density at radius 2 is 1.19 bits per heavy atom. The van der Waals surface area contributed by atoms with Gasteiger partial charge in [-0.05, 0) is 12.1 Å². The van der Waals surface area contributed by atoms with E-state index in [2.05, 4.69) is 37.3 Å². The molecule has 2 N–H and O–H groups in total. The molecule has 26 nitrogen and oxygen atoms in total. The van der Waals surface area contributed by atoms with E-state index in [4.69, 9.17) is 32.4 Å². The number of benzene rings is 3. The van der Waals surface area contributed by atoms with Crippen LogP contribution in [-0.2, 0) is 78.0 Å². The number of ether oxygens (including phenoxy) is 1. The van der Waals surface area contributed by atoms with Crippen molar-refractivity contribution in [3.8, 4) is 23.0 Å². The molecule has 0 spiro atoms. The van der Waals surface area contributed by atoms with Crippen LogP contribution in [0.1, 0.15) is 0 Å². The summed E-state index contributed by atoms with van der Waals surface area (Å²) in [5.74, 6) is -2.89. The molecule has 1 aliphatic carbocycles. The van der Waals surface area contributed by atoms with Gasteiger partial charge in [0.15, 0.2) is 42.5 Å². The quantitative estimate of drug-likeness (QED) is 0.0255. The van der Waals surface area contributed by atoms with Gasteiger partial charge in [-0.1, -0.05) is 23.2 Å². The third-order valence-corrected chi connectivity index (χ3v) is 13.3. The molecule has 332 valence electrons. The first kappa shape index (κ1) is 62.4. The van der Waals surface area contributed by atoms with Crippen LogP contribution in [0.15, 0.2) is 43.5 Å². The van der Waals surface area contributed by atoms with E-state index in [0.717, 1.165) is 24.3 Å². The zero-order chi connectivity index (χ0) is 44.6. The van der Waals surface area contributed by atoms with Crippen LogP contribution < -0.4 is 139 Å². The van der Waals surface area contributed by atoms with Crippen LogP contribution >= 0.6 is 23.2 Å². The second-order valence-electron chi connectivity index (χ2n) is 11.5. The molecule has 0 radical (unpaired) electrons. The van der Waals surface area contributed by atoms with Gasteiger partial charge in [-0.3, -0.25) is 21.7 Å². The smallest absolute Gasteiger partial charge is 0.726 e. The molecule has 2 aromatic carbocycles. The molecule has 2 aromatic rings. The minimum absolute atomic E-state index is 0. The summed E-state index contributed by atoms with van der Waals surface area (Å²) in [5, 5.41) is 4.19. The van der Waals surface area contributed by atoms with Crippen molar-refractivity contribution < 1.29 is 213 Å². The molecule has 0 saturated carbocycles. The van der Waals surface area contributed by atoms with Crippen LogP contribution in [0.2, 0.25) is 10.0 Å². The molecule has 0 atom stereocenters. The van der Waals surface area contributed by atoms with Crippen molar-refractivity contribution in [2.24, 2.45) is 4.99 Å². The molecule has 3 aliphatic rings. The summed E-state index contributed by atoms with van der Waals surface area (Å²) in [6, 6.07) is 3.90. The molecule has 0 fully saturated rings. The summed E-state index contributed by atoms with van der Waals surface area (Å²) in [5.41, 5.74) is -1.48. The van der Waals surface area contributed by atoms with Gasteiger partial charge in [-0.25, -0.2) is 55.5 Å². The van der Waals surface area contributed by atoms with Crippen molar-refractivity contribution in [2.45, 2.75) is 9.79 Å². The fourth-order valence-corrected chi connectivity index (χ4v) is 9.49. The fraction of sp³-hybridized carbons (Fsp3) is 0.308. The van der Waals surface area contributed by atoms with Crippen LogP contribution in [0.25, 0.3) is 22.6 Å². The standard InChI is InChI=1S/C26H26Cl2N4O22S6.4Na/c27-21-24-26(54-18-10-16(30-2-4-50-58(40,41)42)20(12-14(18)32-24)56(35,36)8-6-52-60(46,47)48)22(28)23-25(21)53-17-9-15(29-1-3-49-57(37,38)39)19(11-13(17)31-23)55(33,34)7-5-51-59(43,44)45;;;;/h9-12,29,31H,1-8H2,(H,37,38,39)(H,40,41,42)(H,43,44,45)(H,46,47,48);;;;/q;4*+1/p-4. The number of sulfone groups is 2. The summed E-state index contributed by atoms with van der Waals surface area (Å²) in [6.07, 6.45) is 0. The predicted molar refractivity (Wildman–Crippen MR) is 196 cm³/mol. The van der Waals surface area contributed by atoms with E-state index in [9.17, 15) is 68.7 Å². The second kappa shape index (κ2) is 24.5. The summed E-state index contributed by atoms with van der Waals surface area (Å²) >= 11 is 13.4. The molecule has 5 rings (SSSR count). The Morgan fingerprint density at radius 3 is 1.73 bits per heavy atom. The van der Waals surface area contributed by atoms with Crippen molar-refractivity contribution in [2.75, 3.05) is 61.7 Å². The first-order chi connectivity index (χ1) is 27.5. The van der Waals surface area contributed by atoms with Gasteiger partial charge in [0.25, 0.3) is 0 Å². The summed E-state index contributed by atoms with van der Waals surface area (Å²) in [7, 11) is -30.1. The zero-order valence-corrected chi connectivity index (χ0v) is 47.5. The number of aromatic nitrogens is 1. The van der Waals surface area contributed by atoms with E-state index in [0.29, 0.717) is 0 Å². The van der Waals surface area contributed by atoms with Crippen molar-refractivity contribution in [1.29, 1.82) is 0 Å². The van der Waals surface area contributed by atoms with Crippen LogP contribution in [0, 0.1) is 0 Å². The first-order valence-corrected chi connectivity index (χ1v) is 25.0. The number of hydrogen-bond donors (Lipinski definition) is 2. The third-order valence-electron chi connectivity index (χ3n) is 7.38. The van der Waals surface area contributed by atoms with Gasteiger partial charge in [0.05, 0.1) is 71.0 Å². The van der Waals surface area contributed by atoms with E-state index in [1.807, 2.05) is 0 Å². The van der Waals surface area contributed by atoms with Crippen LogP contribution in [0.5, 0.6) is 11.5 Å². The van der Waals surface area contributed by atoms with Gasteiger partial charge < -0.3 is 38.0 Å². The summed E-state index contributed by atoms with van der Waals surface area (Å²) in [4.78, 5) is 7.00. The van der Waals surface area contributed by atoms with Gasteiger partial charge in [-0.2, -0.15) is 0 Å². The van der Waals surface area contributed by atoms with E-state index in [1.54, 1.807) is 0 Å². The fourth-order valence-electron chi connectivity index (χ4n) is 5.07. The molecule has 2 heterocycles. The molecule has 64 heavy (non-hydrogen) atoms. The Bertz CT molecular complexity index is 3110. The van der Waals surface area contributed by atoms with Gasteiger partial charge in [0, 0.05) is 18.7 Å².